The fraction of sp³-hybridized carbons (Fsp3) is 0.458. The Balaban J connectivity index is 1.55. The van der Waals surface area contributed by atoms with E-state index in [9.17, 15) is 9.59 Å². The second-order valence-electron chi connectivity index (χ2n) is 8.49. The van der Waals surface area contributed by atoms with E-state index >= 15 is 0 Å². The van der Waals surface area contributed by atoms with E-state index in [0.29, 0.717) is 0 Å². The van der Waals surface area contributed by atoms with Crippen LogP contribution in [0.1, 0.15) is 52.8 Å². The van der Waals surface area contributed by atoms with E-state index in [4.69, 9.17) is 4.99 Å². The van der Waals surface area contributed by atoms with Crippen LogP contribution in [0, 0.1) is 6.92 Å². The number of benzene rings is 1. The minimum Gasteiger partial charge on any atom is -0.341 e. The maximum atomic E-state index is 13.1. The molecule has 2 amide bonds. The Kier molecular flexibility index (Phi) is 5.19. The van der Waals surface area contributed by atoms with Crippen molar-refractivity contribution in [1.29, 1.82) is 0 Å². The monoisotopic (exact) mass is 421 g/mol. The van der Waals surface area contributed by atoms with Crippen molar-refractivity contribution in [3.63, 3.8) is 0 Å². The fourth-order valence-corrected chi connectivity index (χ4v) is 6.22. The maximum absolute atomic E-state index is 13.1. The van der Waals surface area contributed by atoms with Gasteiger partial charge in [-0.25, -0.2) is 0 Å². The van der Waals surface area contributed by atoms with Crippen LogP contribution in [-0.2, 0) is 22.4 Å². The van der Waals surface area contributed by atoms with Gasteiger partial charge in [0.25, 0.3) is 0 Å². The summed E-state index contributed by atoms with van der Waals surface area (Å²) >= 11 is 1.69. The first kappa shape index (κ1) is 19.5. The fourth-order valence-electron chi connectivity index (χ4n) is 4.82. The molecular formula is C24H27N3O2S. The van der Waals surface area contributed by atoms with Gasteiger partial charge >= 0.3 is 0 Å². The number of fused-ring (bicyclic) bond motifs is 3. The number of thiophene rings is 1. The van der Waals surface area contributed by atoms with Crippen molar-refractivity contribution in [1.82, 2.24) is 4.90 Å². The van der Waals surface area contributed by atoms with Gasteiger partial charge in [0.1, 0.15) is 18.1 Å². The van der Waals surface area contributed by atoms with Crippen LogP contribution in [0.15, 0.2) is 29.3 Å². The summed E-state index contributed by atoms with van der Waals surface area (Å²) in [7, 11) is 0. The zero-order valence-corrected chi connectivity index (χ0v) is 18.3. The van der Waals surface area contributed by atoms with E-state index in [-0.39, 0.29) is 24.9 Å². The van der Waals surface area contributed by atoms with Gasteiger partial charge < -0.3 is 4.90 Å². The summed E-state index contributed by atoms with van der Waals surface area (Å²) in [5.74, 6) is -0.0225. The number of likely N-dealkylation sites (tertiary alicyclic amines) is 1. The summed E-state index contributed by atoms with van der Waals surface area (Å²) in [5.41, 5.74) is 5.57. The summed E-state index contributed by atoms with van der Waals surface area (Å²) in [6.45, 7) is 3.91. The maximum Gasteiger partial charge on any atom is 0.249 e. The average molecular weight is 422 g/mol. The molecule has 0 N–H and O–H groups in total. The van der Waals surface area contributed by atoms with Crippen LogP contribution >= 0.6 is 11.3 Å². The molecular weight excluding hydrogens is 394 g/mol. The molecule has 0 radical (unpaired) electrons. The molecule has 2 aliphatic heterocycles. The summed E-state index contributed by atoms with van der Waals surface area (Å²) < 4.78 is 0. The minimum atomic E-state index is -0.0795. The number of amides is 2. The van der Waals surface area contributed by atoms with Crippen molar-refractivity contribution in [2.24, 2.45) is 4.99 Å². The van der Waals surface area contributed by atoms with Gasteiger partial charge in [-0.1, -0.05) is 23.8 Å². The van der Waals surface area contributed by atoms with Crippen molar-refractivity contribution in [3.05, 3.63) is 51.4 Å². The third-order valence-corrected chi connectivity index (χ3v) is 7.67. The first-order valence-corrected chi connectivity index (χ1v) is 11.8. The van der Waals surface area contributed by atoms with E-state index in [1.807, 2.05) is 11.0 Å². The van der Waals surface area contributed by atoms with Crippen molar-refractivity contribution in [2.75, 3.05) is 31.1 Å². The smallest absolute Gasteiger partial charge is 0.249 e. The number of aliphatic imine (C=N–C) groups is 1. The van der Waals surface area contributed by atoms with Crippen molar-refractivity contribution >= 4 is 33.9 Å². The van der Waals surface area contributed by atoms with Gasteiger partial charge in [-0.2, -0.15) is 0 Å². The Morgan fingerprint density at radius 3 is 2.77 bits per heavy atom. The topological polar surface area (TPSA) is 53.0 Å². The Bertz CT molecular complexity index is 1030. The normalized spacial score (nSPS) is 18.7. The molecule has 3 heterocycles. The first-order valence-electron chi connectivity index (χ1n) is 11.0. The number of rotatable bonds is 3. The first-order chi connectivity index (χ1) is 14.6. The number of aryl methyl sites for hydroxylation is 2. The molecule has 1 aromatic heterocycles. The van der Waals surface area contributed by atoms with E-state index in [2.05, 4.69) is 25.1 Å². The number of hydrogen-bond acceptors (Lipinski definition) is 4. The quantitative estimate of drug-likeness (QED) is 0.758. The minimum absolute atomic E-state index is 0.0570. The molecule has 6 heteroatoms. The van der Waals surface area contributed by atoms with E-state index < -0.39 is 0 Å². The van der Waals surface area contributed by atoms with E-state index in [0.717, 1.165) is 67.0 Å². The van der Waals surface area contributed by atoms with Gasteiger partial charge in [0.2, 0.25) is 11.8 Å². The highest BCUT2D eigenvalue weighted by molar-refractivity contribution is 7.17. The van der Waals surface area contributed by atoms with Gasteiger partial charge in [-0.05, 0) is 57.1 Å². The van der Waals surface area contributed by atoms with Gasteiger partial charge in [-0.15, -0.1) is 11.3 Å². The zero-order chi connectivity index (χ0) is 20.7. The van der Waals surface area contributed by atoms with Gasteiger partial charge in [0.15, 0.2) is 0 Å². The van der Waals surface area contributed by atoms with Crippen molar-refractivity contribution in [2.45, 2.75) is 45.4 Å². The molecule has 2 aromatic rings. The second-order valence-corrected chi connectivity index (χ2v) is 9.58. The van der Waals surface area contributed by atoms with Crippen LogP contribution in [0.2, 0.25) is 0 Å². The molecule has 5 rings (SSSR count). The van der Waals surface area contributed by atoms with Crippen LogP contribution in [0.5, 0.6) is 0 Å². The number of nitrogens with zero attached hydrogens (tertiary/aromatic N) is 3. The van der Waals surface area contributed by atoms with Gasteiger partial charge in [-0.3, -0.25) is 19.5 Å². The lowest BCUT2D eigenvalue weighted by Gasteiger charge is -2.29. The van der Waals surface area contributed by atoms with Crippen LogP contribution in [-0.4, -0.2) is 48.6 Å². The highest BCUT2D eigenvalue weighted by Crippen LogP contribution is 2.43. The van der Waals surface area contributed by atoms with Crippen molar-refractivity contribution < 1.29 is 9.59 Å². The predicted molar refractivity (Wildman–Crippen MR) is 121 cm³/mol. The third-order valence-electron chi connectivity index (χ3n) is 6.35. The lowest BCUT2D eigenvalue weighted by molar-refractivity contribution is -0.132. The lowest BCUT2D eigenvalue weighted by atomic mass is 9.98. The molecule has 30 heavy (non-hydrogen) atoms. The largest absolute Gasteiger partial charge is 0.341 e. The number of piperidine rings is 1. The number of carbonyl (C=O) groups is 2. The van der Waals surface area contributed by atoms with E-state index in [1.54, 1.807) is 16.2 Å². The van der Waals surface area contributed by atoms with Gasteiger partial charge in [0, 0.05) is 29.1 Å². The highest BCUT2D eigenvalue weighted by atomic mass is 32.1. The zero-order valence-electron chi connectivity index (χ0n) is 17.4. The third kappa shape index (κ3) is 3.47. The number of hydrogen-bond donors (Lipinski definition) is 0. The molecule has 0 unspecified atom stereocenters. The molecule has 0 bridgehead atoms. The number of carbonyl (C=O) groups excluding carboxylic acids is 2. The molecule has 1 aliphatic carbocycles. The molecule has 0 saturated carbocycles. The van der Waals surface area contributed by atoms with Crippen LogP contribution in [0.3, 0.4) is 0 Å². The van der Waals surface area contributed by atoms with Crippen LogP contribution in [0.25, 0.3) is 0 Å². The molecule has 3 aliphatic rings. The Labute approximate surface area is 181 Å². The summed E-state index contributed by atoms with van der Waals surface area (Å²) in [6, 6.07) is 8.34. The highest BCUT2D eigenvalue weighted by Gasteiger charge is 2.34. The molecule has 1 fully saturated rings. The number of anilines is 1. The summed E-state index contributed by atoms with van der Waals surface area (Å²) in [6.07, 6.45) is 6.51. The molecule has 0 atom stereocenters. The van der Waals surface area contributed by atoms with Gasteiger partial charge in [0.05, 0.1) is 5.71 Å². The Morgan fingerprint density at radius 2 is 1.97 bits per heavy atom. The lowest BCUT2D eigenvalue weighted by Crippen LogP contribution is -2.45. The average Bonchev–Trinajstić information content (AvgIpc) is 3.31. The molecule has 156 valence electrons. The predicted octanol–water partition coefficient (Wildman–Crippen LogP) is 3.74. The molecule has 0 spiro atoms. The van der Waals surface area contributed by atoms with Crippen LogP contribution < -0.4 is 4.90 Å². The Morgan fingerprint density at radius 1 is 1.13 bits per heavy atom. The molecule has 1 aromatic carbocycles. The molecule has 5 nitrogen and oxygen atoms in total. The summed E-state index contributed by atoms with van der Waals surface area (Å²) in [4.78, 5) is 35.9. The Hall–Kier alpha value is -2.47. The van der Waals surface area contributed by atoms with Crippen molar-refractivity contribution in [3.8, 4) is 0 Å². The molecule has 1 saturated heterocycles. The van der Waals surface area contributed by atoms with Crippen LogP contribution in [0.4, 0.5) is 5.00 Å². The second kappa shape index (κ2) is 7.99. The standard InChI is InChI=1S/C24H27N3O2S/c1-16-7-5-8-17(13-16)23-22-18-9-6-10-19(18)30-24(22)27(20(28)14-25-23)15-21(29)26-11-3-2-4-12-26/h5,7-8,13H,2-4,6,9-12,14-15H2,1H3. The summed E-state index contributed by atoms with van der Waals surface area (Å²) in [5, 5.41) is 0.924. The van der Waals surface area contributed by atoms with E-state index in [1.165, 1.54) is 22.4 Å². The SMILES string of the molecule is Cc1cccc(C2=NCC(=O)N(CC(=O)N3CCCCC3)c3sc4c(c32)CCC4)c1.